The van der Waals surface area contributed by atoms with Crippen molar-refractivity contribution in [2.24, 2.45) is 0 Å². The topological polar surface area (TPSA) is 69.2 Å². The molecular formula is C18H17N5OS. The van der Waals surface area contributed by atoms with Crippen LogP contribution in [0.5, 0.6) is 0 Å². The summed E-state index contributed by atoms with van der Waals surface area (Å²) in [4.78, 5) is 13.7. The Labute approximate surface area is 150 Å². The van der Waals surface area contributed by atoms with Gasteiger partial charge in [-0.25, -0.2) is 9.97 Å². The fourth-order valence-electron chi connectivity index (χ4n) is 2.90. The third-order valence-corrected chi connectivity index (χ3v) is 5.15. The van der Waals surface area contributed by atoms with Gasteiger partial charge in [0.05, 0.1) is 17.5 Å². The minimum absolute atomic E-state index is 0.596. The molecule has 0 atom stereocenters. The van der Waals surface area contributed by atoms with Crippen molar-refractivity contribution in [2.45, 2.75) is 6.54 Å². The monoisotopic (exact) mass is 351 g/mol. The number of hydrogen-bond donors (Lipinski definition) is 0. The van der Waals surface area contributed by atoms with Gasteiger partial charge in [-0.1, -0.05) is 0 Å². The summed E-state index contributed by atoms with van der Waals surface area (Å²) in [7, 11) is 0. The summed E-state index contributed by atoms with van der Waals surface area (Å²) >= 11 is 1.62. The van der Waals surface area contributed by atoms with E-state index in [0.717, 1.165) is 55.0 Å². The van der Waals surface area contributed by atoms with Gasteiger partial charge in [0.2, 0.25) is 0 Å². The lowest BCUT2D eigenvalue weighted by molar-refractivity contribution is 0.247. The maximum atomic E-state index is 8.85. The highest BCUT2D eigenvalue weighted by Gasteiger charge is 2.19. The van der Waals surface area contributed by atoms with Crippen LogP contribution in [0.25, 0.3) is 10.8 Å². The van der Waals surface area contributed by atoms with E-state index in [2.05, 4.69) is 31.2 Å². The van der Waals surface area contributed by atoms with Gasteiger partial charge in [0.25, 0.3) is 0 Å². The maximum Gasteiger partial charge on any atom is 0.162 e. The van der Waals surface area contributed by atoms with E-state index in [9.17, 15) is 0 Å². The Kier molecular flexibility index (Phi) is 4.46. The first-order valence-electron chi connectivity index (χ1n) is 8.13. The zero-order chi connectivity index (χ0) is 17.1. The number of anilines is 1. The van der Waals surface area contributed by atoms with Crippen molar-refractivity contribution in [3.05, 3.63) is 53.4 Å². The van der Waals surface area contributed by atoms with Crippen LogP contribution < -0.4 is 4.90 Å². The van der Waals surface area contributed by atoms with Crippen LogP contribution in [-0.4, -0.2) is 41.0 Å². The molecule has 3 aromatic rings. The first-order valence-corrected chi connectivity index (χ1v) is 9.01. The summed E-state index contributed by atoms with van der Waals surface area (Å²) in [6.45, 7) is 4.64. The van der Waals surface area contributed by atoms with Crippen LogP contribution in [-0.2, 0) is 6.54 Å². The lowest BCUT2D eigenvalue weighted by Gasteiger charge is -2.35. The molecular weight excluding hydrogens is 334 g/mol. The molecule has 3 aromatic heterocycles. The molecule has 0 radical (unpaired) electrons. The number of nitriles is 1. The summed E-state index contributed by atoms with van der Waals surface area (Å²) in [5, 5.41) is 11.9. The number of piperazine rings is 1. The number of aromatic nitrogens is 2. The second-order valence-electron chi connectivity index (χ2n) is 5.90. The molecule has 4 rings (SSSR count). The third-order valence-electron chi connectivity index (χ3n) is 4.24. The molecule has 4 heterocycles. The van der Waals surface area contributed by atoms with Gasteiger partial charge >= 0.3 is 0 Å². The molecule has 1 aliphatic heterocycles. The highest BCUT2D eigenvalue weighted by atomic mass is 32.1. The molecule has 1 fully saturated rings. The van der Waals surface area contributed by atoms with Crippen LogP contribution in [0, 0.1) is 11.3 Å². The Bertz CT molecular complexity index is 858. The summed E-state index contributed by atoms with van der Waals surface area (Å²) in [6, 6.07) is 9.66. The van der Waals surface area contributed by atoms with E-state index < -0.39 is 0 Å². The van der Waals surface area contributed by atoms with E-state index in [1.807, 2.05) is 24.3 Å². The fraction of sp³-hybridized carbons (Fsp3) is 0.278. The van der Waals surface area contributed by atoms with Gasteiger partial charge in [0, 0.05) is 44.3 Å². The van der Waals surface area contributed by atoms with E-state index in [0.29, 0.717) is 5.56 Å². The van der Waals surface area contributed by atoms with E-state index >= 15 is 0 Å². The first-order chi connectivity index (χ1) is 12.3. The van der Waals surface area contributed by atoms with Crippen molar-refractivity contribution in [1.29, 1.82) is 5.26 Å². The van der Waals surface area contributed by atoms with Crippen LogP contribution in [0.4, 0.5) is 5.82 Å². The van der Waals surface area contributed by atoms with Gasteiger partial charge in [0.15, 0.2) is 10.8 Å². The molecule has 25 heavy (non-hydrogen) atoms. The minimum atomic E-state index is 0.596. The fourth-order valence-corrected chi connectivity index (χ4v) is 3.67. The van der Waals surface area contributed by atoms with Crippen LogP contribution >= 0.6 is 11.3 Å². The molecule has 6 nitrogen and oxygen atoms in total. The van der Waals surface area contributed by atoms with Crippen LogP contribution in [0.2, 0.25) is 0 Å². The third kappa shape index (κ3) is 3.55. The van der Waals surface area contributed by atoms with Gasteiger partial charge in [-0.2, -0.15) is 5.26 Å². The predicted molar refractivity (Wildman–Crippen MR) is 96.3 cm³/mol. The molecule has 126 valence electrons. The van der Waals surface area contributed by atoms with Crippen molar-refractivity contribution in [3.8, 4) is 16.8 Å². The average molecular weight is 351 g/mol. The standard InChI is InChI=1S/C18H17N5OS/c19-10-14-3-4-17(20-11-14)23-7-5-22(6-8-23)12-15-13-25-18(21-15)16-2-1-9-24-16/h1-4,9,11,13H,5-8,12H2. The van der Waals surface area contributed by atoms with Crippen LogP contribution in [0.1, 0.15) is 11.3 Å². The minimum Gasteiger partial charge on any atom is -0.462 e. The van der Waals surface area contributed by atoms with E-state index in [1.54, 1.807) is 23.8 Å². The molecule has 1 saturated heterocycles. The Morgan fingerprint density at radius 3 is 2.76 bits per heavy atom. The molecule has 0 spiro atoms. The van der Waals surface area contributed by atoms with Crippen LogP contribution in [0.15, 0.2) is 46.5 Å². The van der Waals surface area contributed by atoms with Gasteiger partial charge < -0.3 is 9.32 Å². The van der Waals surface area contributed by atoms with Crippen LogP contribution in [0.3, 0.4) is 0 Å². The highest BCUT2D eigenvalue weighted by Crippen LogP contribution is 2.25. The number of nitrogens with zero attached hydrogens (tertiary/aromatic N) is 5. The van der Waals surface area contributed by atoms with Gasteiger partial charge in [-0.05, 0) is 24.3 Å². The Hall–Kier alpha value is -2.69. The second kappa shape index (κ2) is 7.05. The van der Waals surface area contributed by atoms with Gasteiger partial charge in [0.1, 0.15) is 11.9 Å². The lowest BCUT2D eigenvalue weighted by atomic mass is 10.2. The van der Waals surface area contributed by atoms with Crippen molar-refractivity contribution in [3.63, 3.8) is 0 Å². The molecule has 0 bridgehead atoms. The summed E-state index contributed by atoms with van der Waals surface area (Å²) in [6.07, 6.45) is 3.31. The van der Waals surface area contributed by atoms with Crippen molar-refractivity contribution in [1.82, 2.24) is 14.9 Å². The van der Waals surface area contributed by atoms with E-state index in [4.69, 9.17) is 9.68 Å². The van der Waals surface area contributed by atoms with E-state index in [1.165, 1.54) is 0 Å². The molecule has 1 aliphatic rings. The van der Waals surface area contributed by atoms with E-state index in [-0.39, 0.29) is 0 Å². The zero-order valence-corrected chi connectivity index (χ0v) is 14.4. The average Bonchev–Trinajstić information content (AvgIpc) is 3.34. The summed E-state index contributed by atoms with van der Waals surface area (Å²) in [5.41, 5.74) is 1.68. The second-order valence-corrected chi connectivity index (χ2v) is 6.76. The number of hydrogen-bond acceptors (Lipinski definition) is 7. The number of pyridine rings is 1. The van der Waals surface area contributed by atoms with Crippen molar-refractivity contribution < 1.29 is 4.42 Å². The normalized spacial score (nSPS) is 15.2. The maximum absolute atomic E-state index is 8.85. The molecule has 7 heteroatoms. The number of rotatable bonds is 4. The quantitative estimate of drug-likeness (QED) is 0.720. The van der Waals surface area contributed by atoms with Gasteiger partial charge in [-0.15, -0.1) is 11.3 Å². The number of furan rings is 1. The Morgan fingerprint density at radius 2 is 2.08 bits per heavy atom. The smallest absolute Gasteiger partial charge is 0.162 e. The highest BCUT2D eigenvalue weighted by molar-refractivity contribution is 7.13. The lowest BCUT2D eigenvalue weighted by Crippen LogP contribution is -2.46. The van der Waals surface area contributed by atoms with Gasteiger partial charge in [-0.3, -0.25) is 4.90 Å². The molecule has 0 unspecified atom stereocenters. The summed E-state index contributed by atoms with van der Waals surface area (Å²) < 4.78 is 5.40. The molecule has 0 aromatic carbocycles. The molecule has 0 aliphatic carbocycles. The Balaban J connectivity index is 1.33. The molecule has 0 saturated carbocycles. The SMILES string of the molecule is N#Cc1ccc(N2CCN(Cc3csc(-c4ccco4)n3)CC2)nc1. The molecule has 0 N–H and O–H groups in total. The molecule has 0 amide bonds. The summed E-state index contributed by atoms with van der Waals surface area (Å²) in [5.74, 6) is 1.76. The predicted octanol–water partition coefficient (Wildman–Crippen LogP) is 2.99. The van der Waals surface area contributed by atoms with Crippen molar-refractivity contribution >= 4 is 17.2 Å². The zero-order valence-electron chi connectivity index (χ0n) is 13.6. The first kappa shape index (κ1) is 15.8. The largest absolute Gasteiger partial charge is 0.462 e. The van der Waals surface area contributed by atoms with Crippen molar-refractivity contribution in [2.75, 3.05) is 31.1 Å². The Morgan fingerprint density at radius 1 is 1.20 bits per heavy atom. The number of thiazole rings is 1.